The van der Waals surface area contributed by atoms with Crippen LogP contribution in [0.5, 0.6) is 0 Å². The first kappa shape index (κ1) is 11.2. The highest BCUT2D eigenvalue weighted by molar-refractivity contribution is 8.00. The maximum Gasteiger partial charge on any atom is 0.215 e. The summed E-state index contributed by atoms with van der Waals surface area (Å²) >= 11 is 18.9. The van der Waals surface area contributed by atoms with Gasteiger partial charge in [0.2, 0.25) is 3.79 Å². The lowest BCUT2D eigenvalue weighted by Gasteiger charge is -2.27. The second-order valence-electron chi connectivity index (χ2n) is 2.52. The van der Waals surface area contributed by atoms with Crippen molar-refractivity contribution in [3.05, 3.63) is 0 Å². The van der Waals surface area contributed by atoms with E-state index in [9.17, 15) is 0 Å². The Bertz CT molecular complexity index is 152. The van der Waals surface area contributed by atoms with Crippen molar-refractivity contribution >= 4 is 46.6 Å². The lowest BCUT2D eigenvalue weighted by Crippen LogP contribution is -2.39. The van der Waals surface area contributed by atoms with Gasteiger partial charge >= 0.3 is 0 Å². The average Bonchev–Trinajstić information content (AvgIpc) is 2.34. The van der Waals surface area contributed by atoms with E-state index in [1.165, 1.54) is 0 Å². The summed E-state index contributed by atoms with van der Waals surface area (Å²) in [6, 6.07) is 0. The molecule has 72 valence electrons. The quantitative estimate of drug-likeness (QED) is 0.755. The molecule has 1 N–H and O–H groups in total. The fourth-order valence-electron chi connectivity index (χ4n) is 1.16. The molecule has 1 aliphatic rings. The topological polar surface area (TPSA) is 23.5 Å². The number of hydrogen-bond acceptors (Lipinski definition) is 3. The molecule has 1 unspecified atom stereocenters. The largest absolute Gasteiger partial charge is 0.395 e. The van der Waals surface area contributed by atoms with Crippen LogP contribution in [0, 0.1) is 0 Å². The van der Waals surface area contributed by atoms with Gasteiger partial charge in [0, 0.05) is 18.8 Å². The molecule has 0 aromatic heterocycles. The Morgan fingerprint density at radius 2 is 2.17 bits per heavy atom. The summed E-state index contributed by atoms with van der Waals surface area (Å²) in [4.78, 5) is 1.98. The van der Waals surface area contributed by atoms with Crippen molar-refractivity contribution < 1.29 is 5.11 Å². The van der Waals surface area contributed by atoms with Crippen LogP contribution in [0.25, 0.3) is 0 Å². The number of rotatable bonds is 2. The predicted molar refractivity (Wildman–Crippen MR) is 55.2 cm³/mol. The van der Waals surface area contributed by atoms with Crippen LogP contribution in [0.1, 0.15) is 0 Å². The zero-order valence-electron chi connectivity index (χ0n) is 6.34. The van der Waals surface area contributed by atoms with E-state index in [1.807, 2.05) is 4.90 Å². The van der Waals surface area contributed by atoms with Crippen LogP contribution in [0.2, 0.25) is 0 Å². The number of aliphatic hydroxyl groups is 1. The van der Waals surface area contributed by atoms with E-state index in [-0.39, 0.29) is 12.0 Å². The molecule has 1 fully saturated rings. The van der Waals surface area contributed by atoms with Crippen molar-refractivity contribution in [2.75, 3.05) is 25.4 Å². The molecule has 6 heteroatoms. The molecule has 1 atom stereocenters. The van der Waals surface area contributed by atoms with Crippen molar-refractivity contribution in [2.45, 2.75) is 9.17 Å². The van der Waals surface area contributed by atoms with Crippen molar-refractivity contribution in [2.24, 2.45) is 0 Å². The molecule has 1 aliphatic heterocycles. The van der Waals surface area contributed by atoms with E-state index in [4.69, 9.17) is 39.9 Å². The highest BCUT2D eigenvalue weighted by Gasteiger charge is 2.40. The molecule has 0 aromatic carbocycles. The van der Waals surface area contributed by atoms with Gasteiger partial charge in [0.1, 0.15) is 5.37 Å². The zero-order valence-corrected chi connectivity index (χ0v) is 9.43. The van der Waals surface area contributed by atoms with E-state index < -0.39 is 3.79 Å². The highest BCUT2D eigenvalue weighted by Crippen LogP contribution is 2.42. The minimum Gasteiger partial charge on any atom is -0.395 e. The second-order valence-corrected chi connectivity index (χ2v) is 6.08. The minimum absolute atomic E-state index is 0.109. The molecule has 2 nitrogen and oxygen atoms in total. The predicted octanol–water partition coefficient (Wildman–Crippen LogP) is 1.72. The fourth-order valence-corrected chi connectivity index (χ4v) is 3.32. The first-order valence-electron chi connectivity index (χ1n) is 3.59. The molecule has 0 aliphatic carbocycles. The van der Waals surface area contributed by atoms with Crippen molar-refractivity contribution in [3.63, 3.8) is 0 Å². The number of aliphatic hydroxyl groups excluding tert-OH is 1. The first-order valence-corrected chi connectivity index (χ1v) is 5.77. The third kappa shape index (κ3) is 2.82. The van der Waals surface area contributed by atoms with Crippen LogP contribution in [0.3, 0.4) is 0 Å². The third-order valence-electron chi connectivity index (χ3n) is 1.65. The lowest BCUT2D eigenvalue weighted by molar-refractivity contribution is 0.201. The summed E-state index contributed by atoms with van der Waals surface area (Å²) in [6.07, 6.45) is 0. The van der Waals surface area contributed by atoms with Gasteiger partial charge in [-0.3, -0.25) is 4.90 Å². The Morgan fingerprint density at radius 3 is 2.67 bits per heavy atom. The van der Waals surface area contributed by atoms with Gasteiger partial charge in [0.25, 0.3) is 0 Å². The summed E-state index contributed by atoms with van der Waals surface area (Å²) < 4.78 is -1.25. The van der Waals surface area contributed by atoms with E-state index in [2.05, 4.69) is 0 Å². The smallest absolute Gasteiger partial charge is 0.215 e. The monoisotopic (exact) mass is 249 g/mol. The normalized spacial score (nSPS) is 26.5. The molecular formula is C6H10Cl3NOS. The second kappa shape index (κ2) is 4.58. The summed E-state index contributed by atoms with van der Waals surface area (Å²) in [5.41, 5.74) is 0. The van der Waals surface area contributed by atoms with Gasteiger partial charge in [-0.25, -0.2) is 0 Å². The molecule has 0 amide bonds. The van der Waals surface area contributed by atoms with E-state index in [1.54, 1.807) is 11.8 Å². The number of thioether (sulfide) groups is 1. The van der Waals surface area contributed by atoms with Gasteiger partial charge in [0.05, 0.1) is 6.61 Å². The van der Waals surface area contributed by atoms with Gasteiger partial charge in [0.15, 0.2) is 0 Å². The van der Waals surface area contributed by atoms with Crippen LogP contribution in [0.15, 0.2) is 0 Å². The summed E-state index contributed by atoms with van der Waals surface area (Å²) in [7, 11) is 0. The highest BCUT2D eigenvalue weighted by atomic mass is 35.6. The van der Waals surface area contributed by atoms with Gasteiger partial charge in [-0.05, 0) is 0 Å². The average molecular weight is 251 g/mol. The Balaban J connectivity index is 2.52. The number of β-amino-alcohol motifs (C(OH)–C–C–N with tert-alkyl or cyclic N) is 1. The van der Waals surface area contributed by atoms with Gasteiger partial charge in [-0.2, -0.15) is 0 Å². The Kier molecular flexibility index (Phi) is 4.28. The number of nitrogens with zero attached hydrogens (tertiary/aromatic N) is 1. The first-order chi connectivity index (χ1) is 5.55. The molecular weight excluding hydrogens is 240 g/mol. The lowest BCUT2D eigenvalue weighted by atomic mass is 10.5. The Morgan fingerprint density at radius 1 is 1.50 bits per heavy atom. The number of hydrogen-bond donors (Lipinski definition) is 1. The Labute approximate surface area is 91.1 Å². The van der Waals surface area contributed by atoms with Crippen molar-refractivity contribution in [1.29, 1.82) is 0 Å². The zero-order chi connectivity index (χ0) is 9.19. The summed E-state index contributed by atoms with van der Waals surface area (Å²) in [5, 5.41) is 8.61. The van der Waals surface area contributed by atoms with E-state index in [0.717, 1.165) is 12.3 Å². The molecule has 1 saturated heterocycles. The van der Waals surface area contributed by atoms with Crippen LogP contribution in [-0.4, -0.2) is 44.6 Å². The number of halogens is 3. The van der Waals surface area contributed by atoms with Gasteiger partial charge < -0.3 is 5.11 Å². The molecule has 1 rings (SSSR count). The maximum absolute atomic E-state index is 8.73. The molecule has 12 heavy (non-hydrogen) atoms. The van der Waals surface area contributed by atoms with Crippen molar-refractivity contribution in [3.8, 4) is 0 Å². The van der Waals surface area contributed by atoms with E-state index >= 15 is 0 Å². The van der Waals surface area contributed by atoms with Crippen LogP contribution in [0.4, 0.5) is 0 Å². The molecule has 0 bridgehead atoms. The molecule has 0 saturated carbocycles. The third-order valence-corrected chi connectivity index (χ3v) is 4.05. The van der Waals surface area contributed by atoms with Crippen LogP contribution < -0.4 is 0 Å². The standard InChI is InChI=1S/C6H10Cl3NOS/c7-6(8,9)5-10(1-3-11)2-4-12-5/h5,11H,1-4H2. The maximum atomic E-state index is 8.73. The SMILES string of the molecule is OCCN1CCSC1C(Cl)(Cl)Cl. The molecule has 0 aromatic rings. The summed E-state index contributed by atoms with van der Waals surface area (Å²) in [5.74, 6) is 0.957. The van der Waals surface area contributed by atoms with Gasteiger partial charge in [-0.1, -0.05) is 34.8 Å². The van der Waals surface area contributed by atoms with Crippen LogP contribution >= 0.6 is 46.6 Å². The van der Waals surface area contributed by atoms with Gasteiger partial charge in [-0.15, -0.1) is 11.8 Å². The summed E-state index contributed by atoms with van der Waals surface area (Å²) in [6.45, 7) is 1.56. The van der Waals surface area contributed by atoms with Crippen LogP contribution in [-0.2, 0) is 0 Å². The van der Waals surface area contributed by atoms with E-state index in [0.29, 0.717) is 6.54 Å². The Hall–Kier alpha value is 1.14. The minimum atomic E-state index is -1.25. The van der Waals surface area contributed by atoms with Crippen molar-refractivity contribution in [1.82, 2.24) is 4.90 Å². The molecule has 1 heterocycles. The molecule has 0 spiro atoms. The number of alkyl halides is 3. The molecule has 0 radical (unpaired) electrons. The fraction of sp³-hybridized carbons (Fsp3) is 1.00.